The van der Waals surface area contributed by atoms with Crippen LogP contribution >= 0.6 is 0 Å². The molecule has 1 aromatic rings. The smallest absolute Gasteiger partial charge is 0.00235 e. The third kappa shape index (κ3) is 2.23. The number of nitrogens with one attached hydrogen (secondary N) is 1. The van der Waals surface area contributed by atoms with Gasteiger partial charge in [0, 0.05) is 12.5 Å². The lowest BCUT2D eigenvalue weighted by atomic mass is 9.82. The first kappa shape index (κ1) is 10.7. The Morgan fingerprint density at radius 1 is 1.13 bits per heavy atom. The van der Waals surface area contributed by atoms with Crippen molar-refractivity contribution in [1.82, 2.24) is 5.32 Å². The first-order chi connectivity index (χ1) is 7.18. The van der Waals surface area contributed by atoms with Crippen LogP contribution in [0.15, 0.2) is 24.3 Å². The SMILES string of the molecule is Cc1ccc(C2CNC[C@H]2C(C)C)cc1. The van der Waals surface area contributed by atoms with E-state index in [2.05, 4.69) is 50.4 Å². The molecule has 0 bridgehead atoms. The summed E-state index contributed by atoms with van der Waals surface area (Å²) in [6, 6.07) is 9.04. The predicted octanol–water partition coefficient (Wildman–Crippen LogP) is 2.95. The van der Waals surface area contributed by atoms with Crippen LogP contribution in [0.5, 0.6) is 0 Å². The molecular weight excluding hydrogens is 182 g/mol. The summed E-state index contributed by atoms with van der Waals surface area (Å²) in [7, 11) is 0. The summed E-state index contributed by atoms with van der Waals surface area (Å²) >= 11 is 0. The Morgan fingerprint density at radius 2 is 1.80 bits per heavy atom. The van der Waals surface area contributed by atoms with E-state index in [1.165, 1.54) is 17.7 Å². The molecule has 2 rings (SSSR count). The molecule has 1 heteroatoms. The van der Waals surface area contributed by atoms with Crippen LogP contribution in [0, 0.1) is 18.8 Å². The average molecular weight is 203 g/mol. The van der Waals surface area contributed by atoms with Crippen molar-refractivity contribution in [2.24, 2.45) is 11.8 Å². The fourth-order valence-corrected chi connectivity index (χ4v) is 2.58. The molecule has 0 spiro atoms. The molecule has 0 aliphatic carbocycles. The second-order valence-corrected chi connectivity index (χ2v) is 5.08. The molecule has 1 unspecified atom stereocenters. The Hall–Kier alpha value is -0.820. The van der Waals surface area contributed by atoms with Crippen LogP contribution in [0.25, 0.3) is 0 Å². The van der Waals surface area contributed by atoms with Gasteiger partial charge in [0.15, 0.2) is 0 Å². The monoisotopic (exact) mass is 203 g/mol. The van der Waals surface area contributed by atoms with Gasteiger partial charge in [-0.1, -0.05) is 43.7 Å². The van der Waals surface area contributed by atoms with E-state index in [4.69, 9.17) is 0 Å². The third-order valence-corrected chi connectivity index (χ3v) is 3.62. The number of rotatable bonds is 2. The van der Waals surface area contributed by atoms with Gasteiger partial charge in [-0.25, -0.2) is 0 Å². The molecule has 1 N–H and O–H groups in total. The fraction of sp³-hybridized carbons (Fsp3) is 0.571. The van der Waals surface area contributed by atoms with Crippen LogP contribution in [0.4, 0.5) is 0 Å². The van der Waals surface area contributed by atoms with E-state index in [0.717, 1.165) is 18.4 Å². The van der Waals surface area contributed by atoms with Gasteiger partial charge in [-0.2, -0.15) is 0 Å². The zero-order valence-electron chi connectivity index (χ0n) is 9.96. The van der Waals surface area contributed by atoms with Crippen molar-refractivity contribution in [3.63, 3.8) is 0 Å². The van der Waals surface area contributed by atoms with Crippen LogP contribution in [-0.4, -0.2) is 13.1 Å². The highest BCUT2D eigenvalue weighted by Gasteiger charge is 2.30. The maximum atomic E-state index is 3.52. The van der Waals surface area contributed by atoms with Gasteiger partial charge >= 0.3 is 0 Å². The number of hydrogen-bond donors (Lipinski definition) is 1. The molecule has 1 fully saturated rings. The summed E-state index contributed by atoms with van der Waals surface area (Å²) in [4.78, 5) is 0. The van der Waals surface area contributed by atoms with Crippen LogP contribution in [-0.2, 0) is 0 Å². The van der Waals surface area contributed by atoms with Crippen molar-refractivity contribution in [2.45, 2.75) is 26.7 Å². The zero-order valence-corrected chi connectivity index (χ0v) is 9.96. The van der Waals surface area contributed by atoms with Gasteiger partial charge in [0.1, 0.15) is 0 Å². The van der Waals surface area contributed by atoms with Crippen LogP contribution in [0.3, 0.4) is 0 Å². The molecule has 0 aromatic heterocycles. The largest absolute Gasteiger partial charge is 0.316 e. The summed E-state index contributed by atoms with van der Waals surface area (Å²) in [5.74, 6) is 2.28. The van der Waals surface area contributed by atoms with E-state index in [1.54, 1.807) is 0 Å². The van der Waals surface area contributed by atoms with Gasteiger partial charge in [0.05, 0.1) is 0 Å². The molecule has 2 atom stereocenters. The standard InChI is InChI=1S/C14H21N/c1-10(2)13-8-15-9-14(13)12-6-4-11(3)5-7-12/h4-7,10,13-15H,8-9H2,1-3H3/t13-,14?/m0/s1. The number of aryl methyl sites for hydroxylation is 1. The van der Waals surface area contributed by atoms with Crippen molar-refractivity contribution < 1.29 is 0 Å². The highest BCUT2D eigenvalue weighted by atomic mass is 14.9. The molecular formula is C14H21N. The molecule has 15 heavy (non-hydrogen) atoms. The second kappa shape index (κ2) is 4.36. The van der Waals surface area contributed by atoms with Gasteiger partial charge in [-0.05, 0) is 30.9 Å². The summed E-state index contributed by atoms with van der Waals surface area (Å²) < 4.78 is 0. The van der Waals surface area contributed by atoms with Crippen molar-refractivity contribution in [3.05, 3.63) is 35.4 Å². The lowest BCUT2D eigenvalue weighted by molar-refractivity contribution is 0.381. The summed E-state index contributed by atoms with van der Waals surface area (Å²) in [5, 5.41) is 3.52. The van der Waals surface area contributed by atoms with Gasteiger partial charge in [-0.3, -0.25) is 0 Å². The molecule has 0 radical (unpaired) electrons. The highest BCUT2D eigenvalue weighted by molar-refractivity contribution is 5.26. The first-order valence-electron chi connectivity index (χ1n) is 5.96. The van der Waals surface area contributed by atoms with Crippen molar-refractivity contribution in [1.29, 1.82) is 0 Å². The minimum atomic E-state index is 0.714. The fourth-order valence-electron chi connectivity index (χ4n) is 2.58. The second-order valence-electron chi connectivity index (χ2n) is 5.08. The Bertz CT molecular complexity index is 313. The Balaban J connectivity index is 2.19. The van der Waals surface area contributed by atoms with E-state index in [-0.39, 0.29) is 0 Å². The lowest BCUT2D eigenvalue weighted by Crippen LogP contribution is -2.17. The highest BCUT2D eigenvalue weighted by Crippen LogP contribution is 2.33. The first-order valence-corrected chi connectivity index (χ1v) is 5.96. The Kier molecular flexibility index (Phi) is 3.11. The van der Waals surface area contributed by atoms with Crippen LogP contribution in [0.2, 0.25) is 0 Å². The van der Waals surface area contributed by atoms with Gasteiger partial charge in [-0.15, -0.1) is 0 Å². The molecule has 1 aliphatic heterocycles. The third-order valence-electron chi connectivity index (χ3n) is 3.62. The normalized spacial score (nSPS) is 26.1. The van der Waals surface area contributed by atoms with E-state index in [1.807, 2.05) is 0 Å². The predicted molar refractivity (Wildman–Crippen MR) is 65.1 cm³/mol. The lowest BCUT2D eigenvalue weighted by Gasteiger charge is -2.22. The summed E-state index contributed by atoms with van der Waals surface area (Å²) in [6.07, 6.45) is 0. The van der Waals surface area contributed by atoms with Crippen molar-refractivity contribution in [3.8, 4) is 0 Å². The molecule has 1 aliphatic rings. The van der Waals surface area contributed by atoms with E-state index in [0.29, 0.717) is 5.92 Å². The van der Waals surface area contributed by atoms with E-state index in [9.17, 15) is 0 Å². The topological polar surface area (TPSA) is 12.0 Å². The molecule has 1 aromatic carbocycles. The van der Waals surface area contributed by atoms with Gasteiger partial charge in [0.2, 0.25) is 0 Å². The molecule has 82 valence electrons. The molecule has 1 saturated heterocycles. The quantitative estimate of drug-likeness (QED) is 0.779. The summed E-state index contributed by atoms with van der Waals surface area (Å²) in [6.45, 7) is 9.14. The van der Waals surface area contributed by atoms with Crippen molar-refractivity contribution in [2.75, 3.05) is 13.1 Å². The van der Waals surface area contributed by atoms with Gasteiger partial charge < -0.3 is 5.32 Å². The zero-order chi connectivity index (χ0) is 10.8. The number of benzene rings is 1. The van der Waals surface area contributed by atoms with Crippen LogP contribution < -0.4 is 5.32 Å². The minimum absolute atomic E-state index is 0.714. The average Bonchev–Trinajstić information content (AvgIpc) is 2.67. The Labute approximate surface area is 92.9 Å². The molecule has 0 saturated carbocycles. The van der Waals surface area contributed by atoms with Gasteiger partial charge in [0.25, 0.3) is 0 Å². The maximum Gasteiger partial charge on any atom is 0.00235 e. The minimum Gasteiger partial charge on any atom is -0.316 e. The van der Waals surface area contributed by atoms with Crippen molar-refractivity contribution >= 4 is 0 Å². The molecule has 1 heterocycles. The summed E-state index contributed by atoms with van der Waals surface area (Å²) in [5.41, 5.74) is 2.86. The molecule has 1 nitrogen and oxygen atoms in total. The Morgan fingerprint density at radius 3 is 2.40 bits per heavy atom. The molecule has 0 amide bonds. The van der Waals surface area contributed by atoms with Crippen LogP contribution in [0.1, 0.15) is 30.9 Å². The number of hydrogen-bond acceptors (Lipinski definition) is 1. The van der Waals surface area contributed by atoms with E-state index < -0.39 is 0 Å². The van der Waals surface area contributed by atoms with E-state index >= 15 is 0 Å². The maximum absolute atomic E-state index is 3.52.